The van der Waals surface area contributed by atoms with Crippen molar-refractivity contribution < 1.29 is 14.3 Å². The molecule has 0 saturated carbocycles. The number of amides is 1. The van der Waals surface area contributed by atoms with Gasteiger partial charge in [-0.25, -0.2) is 4.98 Å². The van der Waals surface area contributed by atoms with Gasteiger partial charge in [0.05, 0.1) is 12.8 Å². The van der Waals surface area contributed by atoms with Gasteiger partial charge in [0.15, 0.2) is 12.4 Å². The molecular weight excluding hydrogens is 378 g/mol. The molecule has 1 N–H and O–H groups in total. The van der Waals surface area contributed by atoms with E-state index in [2.05, 4.69) is 15.3 Å². The molecule has 0 aliphatic rings. The van der Waals surface area contributed by atoms with Gasteiger partial charge in [-0.3, -0.25) is 4.79 Å². The zero-order valence-electron chi connectivity index (χ0n) is 15.8. The van der Waals surface area contributed by atoms with Gasteiger partial charge in [-0.05, 0) is 38.1 Å². The number of aryl methyl sites for hydroxylation is 1. The summed E-state index contributed by atoms with van der Waals surface area (Å²) in [5.74, 6) is 1.11. The summed E-state index contributed by atoms with van der Waals surface area (Å²) in [6, 6.07) is 14.4. The highest BCUT2D eigenvalue weighted by Gasteiger charge is 2.14. The number of rotatable bonds is 6. The Balaban J connectivity index is 1.76. The maximum absolute atomic E-state index is 12.3. The predicted molar refractivity (Wildman–Crippen MR) is 109 cm³/mol. The smallest absolute Gasteiger partial charge is 0.262 e. The Morgan fingerprint density at radius 2 is 1.89 bits per heavy atom. The van der Waals surface area contributed by atoms with E-state index < -0.39 is 0 Å². The number of ether oxygens (including phenoxy) is 2. The van der Waals surface area contributed by atoms with Crippen LogP contribution in [-0.4, -0.2) is 29.6 Å². The average Bonchev–Trinajstić information content (AvgIpc) is 2.69. The predicted octanol–water partition coefficient (Wildman–Crippen LogP) is 4.44. The number of anilines is 1. The Hall–Kier alpha value is -3.12. The van der Waals surface area contributed by atoms with Gasteiger partial charge in [0.1, 0.15) is 5.75 Å². The first-order valence-corrected chi connectivity index (χ1v) is 9.02. The lowest BCUT2D eigenvalue weighted by Gasteiger charge is -2.13. The first-order valence-electron chi connectivity index (χ1n) is 8.64. The fraction of sp³-hybridized carbons (Fsp3) is 0.190. The van der Waals surface area contributed by atoms with Gasteiger partial charge < -0.3 is 14.8 Å². The van der Waals surface area contributed by atoms with Crippen molar-refractivity contribution >= 4 is 23.2 Å². The van der Waals surface area contributed by atoms with Crippen molar-refractivity contribution in [3.05, 3.63) is 64.8 Å². The van der Waals surface area contributed by atoms with Crippen LogP contribution in [0.15, 0.2) is 48.5 Å². The lowest BCUT2D eigenvalue weighted by molar-refractivity contribution is -0.118. The molecule has 0 aliphatic heterocycles. The van der Waals surface area contributed by atoms with E-state index in [0.717, 1.165) is 16.8 Å². The van der Waals surface area contributed by atoms with Crippen LogP contribution in [0.2, 0.25) is 5.02 Å². The van der Waals surface area contributed by atoms with Crippen molar-refractivity contribution in [2.24, 2.45) is 0 Å². The minimum Gasteiger partial charge on any atom is -0.495 e. The minimum atomic E-state index is -0.315. The van der Waals surface area contributed by atoms with Crippen molar-refractivity contribution in [2.75, 3.05) is 19.0 Å². The van der Waals surface area contributed by atoms with Crippen LogP contribution >= 0.6 is 11.6 Å². The SMILES string of the molecule is COc1ccccc1NC(=O)COc1nc(-c2cccc(Cl)c2)nc(C)c1C. The van der Waals surface area contributed by atoms with Gasteiger partial charge in [-0.1, -0.05) is 35.9 Å². The lowest BCUT2D eigenvalue weighted by Crippen LogP contribution is -2.21. The van der Waals surface area contributed by atoms with Crippen LogP contribution in [0.25, 0.3) is 11.4 Å². The van der Waals surface area contributed by atoms with Crippen molar-refractivity contribution in [2.45, 2.75) is 13.8 Å². The molecule has 28 heavy (non-hydrogen) atoms. The molecule has 144 valence electrons. The Morgan fingerprint density at radius 3 is 2.64 bits per heavy atom. The van der Waals surface area contributed by atoms with Crippen molar-refractivity contribution in [3.8, 4) is 23.0 Å². The fourth-order valence-corrected chi connectivity index (χ4v) is 2.76. The third kappa shape index (κ3) is 4.58. The summed E-state index contributed by atoms with van der Waals surface area (Å²) < 4.78 is 10.9. The Labute approximate surface area is 168 Å². The number of nitrogens with one attached hydrogen (secondary N) is 1. The monoisotopic (exact) mass is 397 g/mol. The molecule has 1 heterocycles. The van der Waals surface area contributed by atoms with E-state index in [1.54, 1.807) is 31.4 Å². The number of carbonyl (C=O) groups excluding carboxylic acids is 1. The molecule has 1 amide bonds. The Kier molecular flexibility index (Phi) is 6.11. The van der Waals surface area contributed by atoms with Gasteiger partial charge in [-0.2, -0.15) is 4.98 Å². The molecule has 0 bridgehead atoms. The normalized spacial score (nSPS) is 10.4. The zero-order valence-corrected chi connectivity index (χ0v) is 16.6. The molecule has 6 nitrogen and oxygen atoms in total. The maximum atomic E-state index is 12.3. The van der Waals surface area contributed by atoms with Crippen LogP contribution in [0.4, 0.5) is 5.69 Å². The van der Waals surface area contributed by atoms with E-state index in [1.165, 1.54) is 0 Å². The zero-order chi connectivity index (χ0) is 20.1. The first kappa shape index (κ1) is 19.6. The molecule has 0 aliphatic carbocycles. The summed E-state index contributed by atoms with van der Waals surface area (Å²) in [5, 5.41) is 3.37. The number of hydrogen-bond donors (Lipinski definition) is 1. The van der Waals surface area contributed by atoms with Gasteiger partial charge >= 0.3 is 0 Å². The average molecular weight is 398 g/mol. The molecule has 0 unspecified atom stereocenters. The number of methoxy groups -OCH3 is 1. The summed E-state index contributed by atoms with van der Waals surface area (Å²) in [7, 11) is 1.55. The molecule has 0 radical (unpaired) electrons. The Morgan fingerprint density at radius 1 is 1.11 bits per heavy atom. The number of para-hydroxylation sites is 2. The number of hydrogen-bond acceptors (Lipinski definition) is 5. The summed E-state index contributed by atoms with van der Waals surface area (Å²) in [5.41, 5.74) is 2.90. The van der Waals surface area contributed by atoms with Gasteiger partial charge in [-0.15, -0.1) is 0 Å². The highest BCUT2D eigenvalue weighted by Crippen LogP contribution is 2.26. The molecular formula is C21H20ClN3O3. The number of nitrogens with zero attached hydrogens (tertiary/aromatic N) is 2. The second-order valence-electron chi connectivity index (χ2n) is 6.11. The van der Waals surface area contributed by atoms with E-state index in [4.69, 9.17) is 21.1 Å². The van der Waals surface area contributed by atoms with Crippen LogP contribution in [-0.2, 0) is 4.79 Å². The van der Waals surface area contributed by atoms with E-state index >= 15 is 0 Å². The summed E-state index contributed by atoms with van der Waals surface area (Å²) in [4.78, 5) is 21.3. The molecule has 2 aromatic carbocycles. The van der Waals surface area contributed by atoms with E-state index in [-0.39, 0.29) is 12.5 Å². The third-order valence-corrected chi connectivity index (χ3v) is 4.38. The standard InChI is InChI=1S/C21H20ClN3O3/c1-13-14(2)23-20(15-7-6-8-16(22)11-15)25-21(13)28-12-19(26)24-17-9-4-5-10-18(17)27-3/h4-11H,12H2,1-3H3,(H,24,26). The number of benzene rings is 2. The van der Waals surface area contributed by atoms with E-state index in [9.17, 15) is 4.79 Å². The molecule has 0 atom stereocenters. The van der Waals surface area contributed by atoms with E-state index in [1.807, 2.05) is 38.1 Å². The largest absolute Gasteiger partial charge is 0.495 e. The summed E-state index contributed by atoms with van der Waals surface area (Å²) >= 11 is 6.06. The van der Waals surface area contributed by atoms with Gasteiger partial charge in [0, 0.05) is 21.8 Å². The molecule has 0 saturated heterocycles. The quantitative estimate of drug-likeness (QED) is 0.665. The second kappa shape index (κ2) is 8.71. The second-order valence-corrected chi connectivity index (χ2v) is 6.55. The van der Waals surface area contributed by atoms with Crippen LogP contribution < -0.4 is 14.8 Å². The van der Waals surface area contributed by atoms with Gasteiger partial charge in [0.25, 0.3) is 5.91 Å². The molecule has 3 aromatic rings. The molecule has 1 aromatic heterocycles. The summed E-state index contributed by atoms with van der Waals surface area (Å²) in [6.07, 6.45) is 0. The van der Waals surface area contributed by atoms with Crippen molar-refractivity contribution in [1.82, 2.24) is 9.97 Å². The minimum absolute atomic E-state index is 0.190. The van der Waals surface area contributed by atoms with Crippen LogP contribution in [0.3, 0.4) is 0 Å². The van der Waals surface area contributed by atoms with Crippen molar-refractivity contribution in [3.63, 3.8) is 0 Å². The molecule has 0 fully saturated rings. The van der Waals surface area contributed by atoms with Gasteiger partial charge in [0.2, 0.25) is 5.88 Å². The maximum Gasteiger partial charge on any atom is 0.262 e. The Bertz CT molecular complexity index is 1010. The number of carbonyl (C=O) groups is 1. The molecule has 0 spiro atoms. The lowest BCUT2D eigenvalue weighted by atomic mass is 10.2. The van der Waals surface area contributed by atoms with E-state index in [0.29, 0.717) is 28.2 Å². The number of halogens is 1. The topological polar surface area (TPSA) is 73.3 Å². The summed E-state index contributed by atoms with van der Waals surface area (Å²) in [6.45, 7) is 3.53. The highest BCUT2D eigenvalue weighted by atomic mass is 35.5. The van der Waals surface area contributed by atoms with Crippen LogP contribution in [0.1, 0.15) is 11.3 Å². The molecule has 3 rings (SSSR count). The third-order valence-electron chi connectivity index (χ3n) is 4.15. The number of aromatic nitrogens is 2. The first-order chi connectivity index (χ1) is 13.5. The van der Waals surface area contributed by atoms with Crippen LogP contribution in [0.5, 0.6) is 11.6 Å². The van der Waals surface area contributed by atoms with Crippen LogP contribution in [0, 0.1) is 13.8 Å². The van der Waals surface area contributed by atoms with Crippen molar-refractivity contribution in [1.29, 1.82) is 0 Å². The highest BCUT2D eigenvalue weighted by molar-refractivity contribution is 6.30. The fourth-order valence-electron chi connectivity index (χ4n) is 2.57. The molecule has 7 heteroatoms.